The molecule has 0 bridgehead atoms. The smallest absolute Gasteiger partial charge is 0.147 e. The molecule has 1 N–H and O–H groups in total. The molecule has 0 heterocycles. The van der Waals surface area contributed by atoms with E-state index in [-0.39, 0.29) is 11.0 Å². The Morgan fingerprint density at radius 2 is 1.80 bits per heavy atom. The largest absolute Gasteiger partial charge is 0.390 e. The molecule has 0 radical (unpaired) electrons. The van der Waals surface area contributed by atoms with Gasteiger partial charge in [-0.3, -0.25) is 4.79 Å². The van der Waals surface area contributed by atoms with Gasteiger partial charge in [-0.25, -0.2) is 0 Å². The average molecular weight is 411 g/mol. The van der Waals surface area contributed by atoms with Crippen LogP contribution in [-0.4, -0.2) is 21.8 Å². The van der Waals surface area contributed by atoms with Crippen LogP contribution in [0.1, 0.15) is 78.1 Å². The minimum Gasteiger partial charge on any atom is -0.390 e. The summed E-state index contributed by atoms with van der Waals surface area (Å²) in [6.07, 6.45) is 11.9. The van der Waals surface area contributed by atoms with Crippen molar-refractivity contribution < 1.29 is 9.90 Å². The number of rotatable bonds is 3. The van der Waals surface area contributed by atoms with Crippen LogP contribution in [0, 0.1) is 40.9 Å². The van der Waals surface area contributed by atoms with Crippen LogP contribution in [0.2, 0.25) is 0 Å². The maximum Gasteiger partial charge on any atom is 0.147 e. The molecule has 0 saturated heterocycles. The van der Waals surface area contributed by atoms with E-state index < -0.39 is 0 Å². The quantitative estimate of drug-likeness (QED) is 0.635. The molecule has 0 aromatic rings. The van der Waals surface area contributed by atoms with Crippen molar-refractivity contribution in [2.45, 2.75) is 83.7 Å². The number of hydrogen-bond donors (Lipinski definition) is 1. The second-order valence-electron chi connectivity index (χ2n) is 10.0. The normalized spacial score (nSPS) is 52.2. The lowest BCUT2D eigenvalue weighted by atomic mass is 9.48. The van der Waals surface area contributed by atoms with Crippen molar-refractivity contribution in [3.05, 3.63) is 0 Å². The summed E-state index contributed by atoms with van der Waals surface area (Å²) in [6, 6.07) is 0. The van der Waals surface area contributed by atoms with Gasteiger partial charge in [-0.2, -0.15) is 0 Å². The highest BCUT2D eigenvalue weighted by atomic mass is 79.9. The summed E-state index contributed by atoms with van der Waals surface area (Å²) >= 11 is 3.42. The van der Waals surface area contributed by atoms with Crippen molar-refractivity contribution in [3.8, 4) is 0 Å². The molecule has 4 aliphatic carbocycles. The first-order chi connectivity index (χ1) is 11.9. The zero-order valence-corrected chi connectivity index (χ0v) is 17.6. The molecule has 4 saturated carbocycles. The topological polar surface area (TPSA) is 37.3 Å². The minimum absolute atomic E-state index is 0.262. The molecule has 2 nitrogen and oxygen atoms in total. The van der Waals surface area contributed by atoms with Crippen LogP contribution in [0.3, 0.4) is 0 Å². The SMILES string of the molecule is CCC1(O)CCC2C(CCC3C2CCC2(C)C(C(=O)CBr)CCC32)C1. The number of carbonyl (C=O) groups is 1. The summed E-state index contributed by atoms with van der Waals surface area (Å²) in [4.78, 5) is 12.5. The van der Waals surface area contributed by atoms with Gasteiger partial charge in [0.25, 0.3) is 0 Å². The molecule has 142 valence electrons. The molecular weight excluding hydrogens is 376 g/mol. The van der Waals surface area contributed by atoms with Gasteiger partial charge >= 0.3 is 0 Å². The van der Waals surface area contributed by atoms with E-state index in [9.17, 15) is 9.90 Å². The van der Waals surface area contributed by atoms with E-state index in [2.05, 4.69) is 29.8 Å². The average Bonchev–Trinajstić information content (AvgIpc) is 2.98. The van der Waals surface area contributed by atoms with E-state index in [1.54, 1.807) is 0 Å². The lowest BCUT2D eigenvalue weighted by Gasteiger charge is -2.57. The number of aliphatic hydroxyl groups is 1. The Morgan fingerprint density at radius 1 is 1.04 bits per heavy atom. The maximum absolute atomic E-state index is 12.5. The van der Waals surface area contributed by atoms with Crippen LogP contribution in [-0.2, 0) is 4.79 Å². The molecule has 0 aromatic heterocycles. The molecular formula is C22H35BrO2. The first-order valence-electron chi connectivity index (χ1n) is 10.7. The van der Waals surface area contributed by atoms with Crippen molar-refractivity contribution in [2.75, 3.05) is 5.33 Å². The first kappa shape index (κ1) is 18.5. The minimum atomic E-state index is -0.377. The molecule has 4 fully saturated rings. The van der Waals surface area contributed by atoms with Gasteiger partial charge in [0.2, 0.25) is 0 Å². The molecule has 25 heavy (non-hydrogen) atoms. The molecule has 4 rings (SSSR count). The third-order valence-electron chi connectivity index (χ3n) is 9.28. The molecule has 8 unspecified atom stereocenters. The van der Waals surface area contributed by atoms with E-state index in [0.29, 0.717) is 17.0 Å². The molecule has 4 aliphatic rings. The number of hydrogen-bond acceptors (Lipinski definition) is 2. The predicted molar refractivity (Wildman–Crippen MR) is 105 cm³/mol. The third-order valence-corrected chi connectivity index (χ3v) is 9.84. The Morgan fingerprint density at radius 3 is 2.52 bits per heavy atom. The number of carbonyl (C=O) groups excluding carboxylic acids is 1. The molecule has 0 aromatic carbocycles. The maximum atomic E-state index is 12.5. The highest BCUT2D eigenvalue weighted by molar-refractivity contribution is 9.09. The van der Waals surface area contributed by atoms with E-state index in [1.807, 2.05) is 0 Å². The third kappa shape index (κ3) is 2.87. The molecule has 8 atom stereocenters. The first-order valence-corrected chi connectivity index (χ1v) is 11.8. The number of Topliss-reactive ketones (excluding diaryl/α,β-unsaturated/α-hetero) is 1. The number of alkyl halides is 1. The van der Waals surface area contributed by atoms with Gasteiger partial charge in [-0.15, -0.1) is 0 Å². The Labute approximate surface area is 161 Å². The van der Waals surface area contributed by atoms with Gasteiger partial charge in [0.15, 0.2) is 0 Å². The highest BCUT2D eigenvalue weighted by Gasteiger charge is 2.58. The summed E-state index contributed by atoms with van der Waals surface area (Å²) in [7, 11) is 0. The van der Waals surface area contributed by atoms with Crippen molar-refractivity contribution in [1.29, 1.82) is 0 Å². The van der Waals surface area contributed by atoms with Gasteiger partial charge in [-0.1, -0.05) is 29.8 Å². The summed E-state index contributed by atoms with van der Waals surface area (Å²) in [6.45, 7) is 4.59. The standard InChI is InChI=1S/C22H35BrO2/c1-3-22(25)11-9-15-14(12-22)4-5-17-16(15)8-10-21(2)18(17)6-7-19(21)20(24)13-23/h14-19,25H,3-13H2,1-2H3. The number of halogens is 1. The van der Waals surface area contributed by atoms with Gasteiger partial charge < -0.3 is 5.11 Å². The lowest BCUT2D eigenvalue weighted by Crippen LogP contribution is -2.51. The van der Waals surface area contributed by atoms with Crippen molar-refractivity contribution in [2.24, 2.45) is 40.9 Å². The van der Waals surface area contributed by atoms with Crippen LogP contribution in [0.15, 0.2) is 0 Å². The predicted octanol–water partition coefficient (Wildman–Crippen LogP) is 5.36. The fourth-order valence-electron chi connectivity index (χ4n) is 7.91. The van der Waals surface area contributed by atoms with Gasteiger partial charge in [0.1, 0.15) is 5.78 Å². The van der Waals surface area contributed by atoms with Crippen molar-refractivity contribution in [3.63, 3.8) is 0 Å². The Hall–Kier alpha value is 0.110. The van der Waals surface area contributed by atoms with E-state index in [1.165, 1.54) is 38.5 Å². The molecule has 0 amide bonds. The summed E-state index contributed by atoms with van der Waals surface area (Å²) in [5, 5.41) is 11.3. The van der Waals surface area contributed by atoms with E-state index >= 15 is 0 Å². The number of fused-ring (bicyclic) bond motifs is 5. The van der Waals surface area contributed by atoms with Gasteiger partial charge in [0, 0.05) is 5.92 Å². The summed E-state index contributed by atoms with van der Waals surface area (Å²) < 4.78 is 0. The fraction of sp³-hybridized carbons (Fsp3) is 0.955. The Kier molecular flexibility index (Phi) is 4.89. The summed E-state index contributed by atoms with van der Waals surface area (Å²) in [5.74, 6) is 4.84. The molecule has 0 aliphatic heterocycles. The van der Waals surface area contributed by atoms with Gasteiger partial charge in [0.05, 0.1) is 10.9 Å². The van der Waals surface area contributed by atoms with Crippen molar-refractivity contribution in [1.82, 2.24) is 0 Å². The fourth-order valence-corrected chi connectivity index (χ4v) is 8.30. The lowest BCUT2D eigenvalue weighted by molar-refractivity contribution is -0.130. The van der Waals surface area contributed by atoms with Crippen LogP contribution >= 0.6 is 15.9 Å². The molecule has 0 spiro atoms. The Bertz CT molecular complexity index is 534. The van der Waals surface area contributed by atoms with Crippen LogP contribution in [0.25, 0.3) is 0 Å². The molecule has 3 heteroatoms. The zero-order valence-electron chi connectivity index (χ0n) is 16.0. The monoisotopic (exact) mass is 410 g/mol. The highest BCUT2D eigenvalue weighted by Crippen LogP contribution is 2.64. The Balaban J connectivity index is 1.52. The second kappa shape index (κ2) is 6.62. The zero-order chi connectivity index (χ0) is 17.8. The van der Waals surface area contributed by atoms with Crippen molar-refractivity contribution >= 4 is 21.7 Å². The van der Waals surface area contributed by atoms with Crippen LogP contribution in [0.5, 0.6) is 0 Å². The van der Waals surface area contributed by atoms with E-state index in [4.69, 9.17) is 0 Å². The van der Waals surface area contributed by atoms with Crippen LogP contribution in [0.4, 0.5) is 0 Å². The van der Waals surface area contributed by atoms with Gasteiger partial charge in [-0.05, 0) is 99.2 Å². The van der Waals surface area contributed by atoms with Crippen LogP contribution < -0.4 is 0 Å². The number of ketones is 1. The summed E-state index contributed by atoms with van der Waals surface area (Å²) in [5.41, 5.74) is -0.115. The second-order valence-corrected chi connectivity index (χ2v) is 10.6. The van der Waals surface area contributed by atoms with E-state index in [0.717, 1.165) is 55.3 Å².